The van der Waals surface area contributed by atoms with Gasteiger partial charge >= 0.3 is 0 Å². The Bertz CT molecular complexity index is 1130. The minimum atomic E-state index is -0.102. The van der Waals surface area contributed by atoms with Gasteiger partial charge in [0.2, 0.25) is 24.4 Å². The first-order valence-corrected chi connectivity index (χ1v) is 11.3. The molecule has 0 spiro atoms. The van der Waals surface area contributed by atoms with Crippen molar-refractivity contribution in [2.24, 2.45) is 17.8 Å². The SMILES string of the molecule is O=C(NCCc1ccccc1)[C@H]1[C@H]2CC[C@H](C2)[C@@H]1c1nc(-c2ccc3c(c2)OCO3)no1. The van der Waals surface area contributed by atoms with E-state index in [0.717, 1.165) is 37.0 Å². The van der Waals surface area contributed by atoms with Crippen LogP contribution in [0.15, 0.2) is 53.1 Å². The van der Waals surface area contributed by atoms with Crippen molar-refractivity contribution in [2.45, 2.75) is 31.6 Å². The fraction of sp³-hybridized carbons (Fsp3) is 0.400. The molecule has 164 valence electrons. The summed E-state index contributed by atoms with van der Waals surface area (Å²) in [6, 6.07) is 15.8. The lowest BCUT2D eigenvalue weighted by atomic mass is 9.78. The summed E-state index contributed by atoms with van der Waals surface area (Å²) in [4.78, 5) is 17.9. The number of nitrogens with zero attached hydrogens (tertiary/aromatic N) is 2. The van der Waals surface area contributed by atoms with Crippen LogP contribution in [0.25, 0.3) is 11.4 Å². The number of hydrogen-bond donors (Lipinski definition) is 1. The molecule has 32 heavy (non-hydrogen) atoms. The van der Waals surface area contributed by atoms with Crippen molar-refractivity contribution in [2.75, 3.05) is 13.3 Å². The van der Waals surface area contributed by atoms with Crippen LogP contribution in [0.4, 0.5) is 0 Å². The molecule has 3 aromatic rings. The number of aromatic nitrogens is 2. The Labute approximate surface area is 186 Å². The summed E-state index contributed by atoms with van der Waals surface area (Å²) in [6.45, 7) is 0.859. The molecule has 7 nitrogen and oxygen atoms in total. The van der Waals surface area contributed by atoms with Crippen LogP contribution in [0.5, 0.6) is 11.5 Å². The fourth-order valence-corrected chi connectivity index (χ4v) is 5.64. The van der Waals surface area contributed by atoms with Gasteiger partial charge in [-0.3, -0.25) is 4.79 Å². The molecule has 2 aliphatic carbocycles. The summed E-state index contributed by atoms with van der Waals surface area (Å²) < 4.78 is 16.6. The average molecular weight is 431 g/mol. The number of nitrogens with one attached hydrogen (secondary N) is 1. The first-order valence-electron chi connectivity index (χ1n) is 11.3. The van der Waals surface area contributed by atoms with E-state index < -0.39 is 0 Å². The molecule has 7 heteroatoms. The minimum absolute atomic E-state index is 0.0132. The molecule has 3 aliphatic rings. The molecule has 2 fully saturated rings. The summed E-state index contributed by atoms with van der Waals surface area (Å²) in [5, 5.41) is 7.39. The van der Waals surface area contributed by atoms with Crippen LogP contribution in [0.2, 0.25) is 0 Å². The summed E-state index contributed by atoms with van der Waals surface area (Å²) in [5.41, 5.74) is 2.04. The van der Waals surface area contributed by atoms with Crippen molar-refractivity contribution in [1.29, 1.82) is 0 Å². The average Bonchev–Trinajstić information content (AvgIpc) is 3.62. The number of benzene rings is 2. The number of carbonyl (C=O) groups excluding carboxylic acids is 1. The Balaban J connectivity index is 1.18. The van der Waals surface area contributed by atoms with E-state index >= 15 is 0 Å². The third-order valence-electron chi connectivity index (χ3n) is 7.13. The lowest BCUT2D eigenvalue weighted by Crippen LogP contribution is -2.38. The molecule has 4 atom stereocenters. The molecule has 1 amide bonds. The zero-order valence-electron chi connectivity index (χ0n) is 17.7. The Morgan fingerprint density at radius 2 is 1.88 bits per heavy atom. The van der Waals surface area contributed by atoms with Gasteiger partial charge in [-0.05, 0) is 61.3 Å². The molecule has 2 aromatic carbocycles. The highest BCUT2D eigenvalue weighted by molar-refractivity contribution is 5.80. The van der Waals surface area contributed by atoms with Gasteiger partial charge in [0.05, 0.1) is 11.8 Å². The van der Waals surface area contributed by atoms with Gasteiger partial charge in [0, 0.05) is 12.1 Å². The van der Waals surface area contributed by atoms with E-state index in [0.29, 0.717) is 35.8 Å². The topological polar surface area (TPSA) is 86.5 Å². The maximum atomic E-state index is 13.2. The second-order valence-corrected chi connectivity index (χ2v) is 8.94. The van der Waals surface area contributed by atoms with E-state index in [1.54, 1.807) is 0 Å². The largest absolute Gasteiger partial charge is 0.454 e. The zero-order valence-corrected chi connectivity index (χ0v) is 17.7. The molecule has 1 aliphatic heterocycles. The molecule has 6 rings (SSSR count). The molecule has 1 N–H and O–H groups in total. The smallest absolute Gasteiger partial charge is 0.231 e. The van der Waals surface area contributed by atoms with Crippen LogP contribution in [-0.4, -0.2) is 29.4 Å². The highest BCUT2D eigenvalue weighted by atomic mass is 16.7. The van der Waals surface area contributed by atoms with Crippen molar-refractivity contribution >= 4 is 5.91 Å². The van der Waals surface area contributed by atoms with Crippen molar-refractivity contribution in [3.63, 3.8) is 0 Å². The van der Waals surface area contributed by atoms with Gasteiger partial charge in [0.25, 0.3) is 0 Å². The van der Waals surface area contributed by atoms with Crippen molar-refractivity contribution in [1.82, 2.24) is 15.5 Å². The second-order valence-electron chi connectivity index (χ2n) is 8.94. The fourth-order valence-electron chi connectivity index (χ4n) is 5.64. The number of amides is 1. The number of hydrogen-bond acceptors (Lipinski definition) is 6. The van der Waals surface area contributed by atoms with Crippen molar-refractivity contribution in [3.05, 3.63) is 60.0 Å². The monoisotopic (exact) mass is 431 g/mol. The molecule has 2 saturated carbocycles. The predicted octanol–water partition coefficient (Wildman–Crippen LogP) is 3.95. The normalized spacial score (nSPS) is 25.2. The summed E-state index contributed by atoms with van der Waals surface area (Å²) in [5.74, 6) is 3.31. The van der Waals surface area contributed by atoms with Crippen LogP contribution in [0, 0.1) is 17.8 Å². The third-order valence-corrected chi connectivity index (χ3v) is 7.13. The van der Waals surface area contributed by atoms with Crippen LogP contribution >= 0.6 is 0 Å². The van der Waals surface area contributed by atoms with E-state index in [1.807, 2.05) is 36.4 Å². The Kier molecular flexibility index (Phi) is 4.82. The molecular formula is C25H25N3O4. The lowest BCUT2D eigenvalue weighted by Gasteiger charge is -2.27. The Hall–Kier alpha value is -3.35. The first-order chi connectivity index (χ1) is 15.8. The first kappa shape index (κ1) is 19.3. The van der Waals surface area contributed by atoms with E-state index in [1.165, 1.54) is 5.56 Å². The standard InChI is InChI=1S/C25H25N3O4/c29-24(26-11-10-15-4-2-1-3-5-15)21-16-6-7-17(12-16)22(21)25-27-23(28-32-25)18-8-9-19-20(13-18)31-14-30-19/h1-5,8-9,13,16-17,21-22H,6-7,10-12,14H2,(H,26,29)/t16-,17+,21-,22-/m0/s1. The summed E-state index contributed by atoms with van der Waals surface area (Å²) >= 11 is 0. The van der Waals surface area contributed by atoms with Gasteiger partial charge in [-0.25, -0.2) is 0 Å². The molecule has 0 unspecified atom stereocenters. The van der Waals surface area contributed by atoms with Gasteiger partial charge < -0.3 is 19.3 Å². The van der Waals surface area contributed by atoms with E-state index in [9.17, 15) is 4.79 Å². The maximum Gasteiger partial charge on any atom is 0.231 e. The zero-order chi connectivity index (χ0) is 21.5. The molecular weight excluding hydrogens is 406 g/mol. The lowest BCUT2D eigenvalue weighted by molar-refractivity contribution is -0.127. The minimum Gasteiger partial charge on any atom is -0.454 e. The molecule has 2 bridgehead atoms. The molecule has 0 radical (unpaired) electrons. The van der Waals surface area contributed by atoms with Gasteiger partial charge in [-0.2, -0.15) is 4.98 Å². The summed E-state index contributed by atoms with van der Waals surface area (Å²) in [7, 11) is 0. The Morgan fingerprint density at radius 1 is 1.03 bits per heavy atom. The molecule has 1 aromatic heterocycles. The van der Waals surface area contributed by atoms with Gasteiger partial charge in [-0.1, -0.05) is 35.5 Å². The number of rotatable bonds is 6. The van der Waals surface area contributed by atoms with Crippen LogP contribution in [-0.2, 0) is 11.2 Å². The number of carbonyl (C=O) groups is 1. The van der Waals surface area contributed by atoms with Gasteiger partial charge in [0.1, 0.15) is 0 Å². The van der Waals surface area contributed by atoms with E-state index in [4.69, 9.17) is 19.0 Å². The number of fused-ring (bicyclic) bond motifs is 3. The van der Waals surface area contributed by atoms with Crippen LogP contribution < -0.4 is 14.8 Å². The van der Waals surface area contributed by atoms with Crippen LogP contribution in [0.1, 0.15) is 36.6 Å². The van der Waals surface area contributed by atoms with Crippen LogP contribution in [0.3, 0.4) is 0 Å². The number of ether oxygens (including phenoxy) is 2. The summed E-state index contributed by atoms with van der Waals surface area (Å²) in [6.07, 6.45) is 4.10. The van der Waals surface area contributed by atoms with Crippen molar-refractivity contribution < 1.29 is 18.8 Å². The van der Waals surface area contributed by atoms with Gasteiger partial charge in [0.15, 0.2) is 11.5 Å². The highest BCUT2D eigenvalue weighted by Gasteiger charge is 2.53. The predicted molar refractivity (Wildman–Crippen MR) is 116 cm³/mol. The van der Waals surface area contributed by atoms with Gasteiger partial charge in [-0.15, -0.1) is 0 Å². The molecule has 0 saturated heterocycles. The second kappa shape index (κ2) is 7.97. The third kappa shape index (κ3) is 3.42. The highest BCUT2D eigenvalue weighted by Crippen LogP contribution is 2.56. The molecule has 2 heterocycles. The quantitative estimate of drug-likeness (QED) is 0.636. The Morgan fingerprint density at radius 3 is 2.78 bits per heavy atom. The van der Waals surface area contributed by atoms with E-state index in [-0.39, 0.29) is 24.5 Å². The maximum absolute atomic E-state index is 13.2. The van der Waals surface area contributed by atoms with E-state index in [2.05, 4.69) is 22.6 Å². The van der Waals surface area contributed by atoms with Crippen molar-refractivity contribution in [3.8, 4) is 22.9 Å².